The van der Waals surface area contributed by atoms with Crippen LogP contribution in [0.15, 0.2) is 158 Å². The third kappa shape index (κ3) is 6.37. The average Bonchev–Trinajstić information content (AvgIpc) is 3.95. The minimum Gasteiger partial charge on any atom is -0.355 e. The van der Waals surface area contributed by atoms with Crippen LogP contribution in [-0.4, -0.2) is 11.8 Å². The van der Waals surface area contributed by atoms with Gasteiger partial charge in [0, 0.05) is 64.9 Å². The summed E-state index contributed by atoms with van der Waals surface area (Å²) < 4.78 is 3.95. The van der Waals surface area contributed by atoms with Gasteiger partial charge >= 0.3 is 0 Å². The maximum Gasteiger partial charge on any atom is 0.197 e. The molecular weight excluding hydrogens is 852 g/mol. The van der Waals surface area contributed by atoms with Crippen LogP contribution in [0.5, 0.6) is 0 Å². The first-order chi connectivity index (χ1) is 33.1. The lowest BCUT2D eigenvalue weighted by molar-refractivity contribution is 0.332. The first-order valence-corrected chi connectivity index (χ1v) is 25.8. The van der Waals surface area contributed by atoms with Gasteiger partial charge < -0.3 is 9.88 Å². The Morgan fingerprint density at radius 1 is 0.551 bits per heavy atom. The van der Waals surface area contributed by atoms with Crippen LogP contribution >= 0.6 is 11.3 Å². The molecule has 337 valence electrons. The number of nitrogens with zero attached hydrogens (tertiary/aromatic N) is 1. The van der Waals surface area contributed by atoms with Crippen LogP contribution in [-0.2, 0) is 21.7 Å². The van der Waals surface area contributed by atoms with Crippen molar-refractivity contribution in [3.8, 4) is 49.5 Å². The van der Waals surface area contributed by atoms with Crippen LogP contribution in [0.2, 0.25) is 0 Å². The molecule has 8 aromatic carbocycles. The topological polar surface area (TPSA) is 17.0 Å². The van der Waals surface area contributed by atoms with Gasteiger partial charge in [0.25, 0.3) is 0 Å². The van der Waals surface area contributed by atoms with Crippen molar-refractivity contribution in [2.75, 3.05) is 5.32 Å². The zero-order chi connectivity index (χ0) is 47.4. The van der Waals surface area contributed by atoms with E-state index in [1.165, 1.54) is 120 Å². The lowest BCUT2D eigenvalue weighted by atomic mass is 9.58. The highest BCUT2D eigenvalue weighted by Crippen LogP contribution is 2.53. The highest BCUT2D eigenvalue weighted by molar-refractivity contribution is 7.23. The number of aromatic nitrogens is 1. The van der Waals surface area contributed by atoms with Crippen molar-refractivity contribution in [3.05, 3.63) is 186 Å². The van der Waals surface area contributed by atoms with E-state index >= 15 is 0 Å². The Bertz CT molecular complexity index is 3760. The van der Waals surface area contributed by atoms with Gasteiger partial charge in [-0.2, -0.15) is 0 Å². The van der Waals surface area contributed by atoms with Crippen LogP contribution in [0.4, 0.5) is 11.4 Å². The molecule has 0 bridgehead atoms. The summed E-state index contributed by atoms with van der Waals surface area (Å²) in [4.78, 5) is 1.31. The van der Waals surface area contributed by atoms with E-state index in [1.54, 1.807) is 0 Å². The van der Waals surface area contributed by atoms with Crippen molar-refractivity contribution in [2.24, 2.45) is 0 Å². The molecule has 0 saturated carbocycles. The van der Waals surface area contributed by atoms with Gasteiger partial charge in [0.15, 0.2) is 7.28 Å². The van der Waals surface area contributed by atoms with Gasteiger partial charge in [0.1, 0.15) is 0 Å². The smallest absolute Gasteiger partial charge is 0.197 e. The van der Waals surface area contributed by atoms with E-state index in [9.17, 15) is 0 Å². The van der Waals surface area contributed by atoms with Crippen molar-refractivity contribution < 1.29 is 0 Å². The Labute approximate surface area is 412 Å². The van der Waals surface area contributed by atoms with Crippen LogP contribution in [0.3, 0.4) is 0 Å². The van der Waals surface area contributed by atoms with Crippen molar-refractivity contribution in [2.45, 2.75) is 96.8 Å². The van der Waals surface area contributed by atoms with E-state index < -0.39 is 0 Å². The maximum absolute atomic E-state index is 4.04. The minimum absolute atomic E-state index is 0.0421. The molecule has 0 atom stereocenters. The van der Waals surface area contributed by atoms with E-state index in [0.717, 1.165) is 24.2 Å². The van der Waals surface area contributed by atoms with Gasteiger partial charge in [0.05, 0.1) is 5.52 Å². The summed E-state index contributed by atoms with van der Waals surface area (Å²) in [6, 6.07) is 60.2. The molecule has 4 heteroatoms. The Morgan fingerprint density at radius 3 is 1.93 bits per heavy atom. The molecule has 3 aliphatic rings. The SMILES string of the molecule is CC(C)(C)c1ccc(Nc2cc3c(cc2-c2ccc4c5cc6c(cc5n5c4c2[B]c2cc4sc(-c7ccccc7)c(-c7ccccc7)c4cc2-5)C(C)(C)c2ccccc2-6)C(C)(C)CCC3(C)C)cc1. The Morgan fingerprint density at radius 2 is 1.22 bits per heavy atom. The zero-order valence-electron chi connectivity index (χ0n) is 41.4. The van der Waals surface area contributed by atoms with Crippen LogP contribution in [0, 0.1) is 0 Å². The highest BCUT2D eigenvalue weighted by Gasteiger charge is 2.40. The summed E-state index contributed by atoms with van der Waals surface area (Å²) in [6.07, 6.45) is 2.32. The first kappa shape index (κ1) is 42.5. The van der Waals surface area contributed by atoms with Gasteiger partial charge in [-0.3, -0.25) is 0 Å². The number of hydrogen-bond donors (Lipinski definition) is 1. The molecular formula is C65H58BN2S. The molecule has 0 amide bonds. The number of rotatable bonds is 5. The number of anilines is 2. The van der Waals surface area contributed by atoms with Crippen molar-refractivity contribution in [1.82, 2.24) is 4.57 Å². The van der Waals surface area contributed by atoms with Gasteiger partial charge in [-0.05, 0) is 139 Å². The van der Waals surface area contributed by atoms with Gasteiger partial charge in [-0.15, -0.1) is 11.3 Å². The molecule has 0 fully saturated rings. The van der Waals surface area contributed by atoms with Crippen molar-refractivity contribution >= 4 is 72.8 Å². The number of nitrogens with one attached hydrogen (secondary N) is 1. The molecule has 13 rings (SSSR count). The van der Waals surface area contributed by atoms with E-state index in [1.807, 2.05) is 11.3 Å². The lowest BCUT2D eigenvalue weighted by Crippen LogP contribution is -2.37. The lowest BCUT2D eigenvalue weighted by Gasteiger charge is -2.42. The third-order valence-corrected chi connectivity index (χ3v) is 17.7. The van der Waals surface area contributed by atoms with E-state index in [2.05, 4.69) is 237 Å². The van der Waals surface area contributed by atoms with E-state index in [4.69, 9.17) is 0 Å². The van der Waals surface area contributed by atoms with Crippen LogP contribution in [0.25, 0.3) is 81.4 Å². The predicted molar refractivity (Wildman–Crippen MR) is 299 cm³/mol. The fraction of sp³-hybridized carbons (Fsp3) is 0.231. The van der Waals surface area contributed by atoms with Gasteiger partial charge in [-0.25, -0.2) is 0 Å². The number of fused-ring (bicyclic) bond motifs is 10. The van der Waals surface area contributed by atoms with Gasteiger partial charge in [-0.1, -0.05) is 177 Å². The Kier molecular flexibility index (Phi) is 9.05. The molecule has 0 saturated heterocycles. The molecule has 2 aliphatic carbocycles. The van der Waals surface area contributed by atoms with Crippen LogP contribution < -0.4 is 16.2 Å². The quantitative estimate of drug-likeness (QED) is 0.170. The molecule has 3 heterocycles. The van der Waals surface area contributed by atoms with Gasteiger partial charge in [0.2, 0.25) is 0 Å². The highest BCUT2D eigenvalue weighted by atomic mass is 32.1. The summed E-state index contributed by atoms with van der Waals surface area (Å²) in [6.45, 7) is 21.5. The number of thiophene rings is 1. The van der Waals surface area contributed by atoms with E-state index in [0.29, 0.717) is 0 Å². The van der Waals surface area contributed by atoms with Crippen LogP contribution in [0.1, 0.15) is 103 Å². The average molecular weight is 910 g/mol. The second kappa shape index (κ2) is 14.7. The Hall–Kier alpha value is -6.62. The predicted octanol–water partition coefficient (Wildman–Crippen LogP) is 16.7. The molecule has 1 aliphatic heterocycles. The maximum atomic E-state index is 4.04. The summed E-state index contributed by atoms with van der Waals surface area (Å²) in [7, 11) is 2.53. The molecule has 1 radical (unpaired) electrons. The minimum atomic E-state index is -0.133. The molecule has 2 aromatic heterocycles. The summed E-state index contributed by atoms with van der Waals surface area (Å²) in [5.41, 5.74) is 24.7. The fourth-order valence-corrected chi connectivity index (χ4v) is 13.7. The second-order valence-corrected chi connectivity index (χ2v) is 24.1. The molecule has 1 N–H and O–H groups in total. The van der Waals surface area contributed by atoms with E-state index in [-0.39, 0.29) is 21.7 Å². The molecule has 2 nitrogen and oxygen atoms in total. The summed E-state index contributed by atoms with van der Waals surface area (Å²) in [5.74, 6) is 0. The normalized spacial score (nSPS) is 16.0. The fourth-order valence-electron chi connectivity index (χ4n) is 12.4. The molecule has 69 heavy (non-hydrogen) atoms. The summed E-state index contributed by atoms with van der Waals surface area (Å²) >= 11 is 1.92. The number of benzene rings is 8. The Balaban J connectivity index is 1.11. The molecule has 0 spiro atoms. The molecule has 10 aromatic rings. The zero-order valence-corrected chi connectivity index (χ0v) is 42.2. The standard InChI is InChI=1S/C65H58BN2S/c1-62(2,3)40-24-26-41(27-25-40)67-54-35-52-51(63(4,5)30-31-64(52,6)7)33-46(54)43-28-29-44-47-32-45-42-22-16-17-23-49(42)65(8,9)50(45)36-55(47)68-56-34-48-57(37-53(56)66-59(43)60(44)68)69-61(39-20-14-11-15-21-39)58(48)38-18-12-10-13-19-38/h10-29,32-37,67H,30-31H2,1-9H3. The van der Waals surface area contributed by atoms with Crippen molar-refractivity contribution in [1.29, 1.82) is 0 Å². The largest absolute Gasteiger partial charge is 0.355 e. The monoisotopic (exact) mass is 909 g/mol. The third-order valence-electron chi connectivity index (χ3n) is 16.5. The molecule has 0 unspecified atom stereocenters. The summed E-state index contributed by atoms with van der Waals surface area (Å²) in [5, 5.41) is 7.93. The second-order valence-electron chi connectivity index (χ2n) is 23.1. The van der Waals surface area contributed by atoms with Crippen molar-refractivity contribution in [3.63, 3.8) is 0 Å². The first-order valence-electron chi connectivity index (χ1n) is 25.0. The number of hydrogen-bond acceptors (Lipinski definition) is 2.